The molecule has 0 aliphatic rings. The summed E-state index contributed by atoms with van der Waals surface area (Å²) in [6, 6.07) is 3.99. The quantitative estimate of drug-likeness (QED) is 0.890. The number of nitrogens with zero attached hydrogens (tertiary/aromatic N) is 4. The zero-order valence-corrected chi connectivity index (χ0v) is 10.9. The molecule has 2 aromatic heterocycles. The lowest BCUT2D eigenvalue weighted by molar-refractivity contribution is 0.603. The summed E-state index contributed by atoms with van der Waals surface area (Å²) in [6.45, 7) is 3.86. The van der Waals surface area contributed by atoms with E-state index in [-0.39, 0.29) is 12.4 Å². The second-order valence-electron chi connectivity index (χ2n) is 3.76. The van der Waals surface area contributed by atoms with Crippen molar-refractivity contribution >= 4 is 18.2 Å². The molecule has 2 rings (SSSR count). The Kier molecular flexibility index (Phi) is 5.03. The molecule has 0 unspecified atom stereocenters. The maximum absolute atomic E-state index is 4.40. The number of aromatic nitrogens is 4. The molecule has 5 nitrogen and oxygen atoms in total. The molecular formula is C11H18ClN5. The molecule has 0 saturated carbocycles. The Balaban J connectivity index is 0.00000144. The number of anilines is 1. The predicted molar refractivity (Wildman–Crippen MR) is 70.3 cm³/mol. The first-order valence-corrected chi connectivity index (χ1v) is 5.54. The maximum atomic E-state index is 4.40. The highest BCUT2D eigenvalue weighted by atomic mass is 35.5. The van der Waals surface area contributed by atoms with Crippen molar-refractivity contribution in [2.75, 3.05) is 5.32 Å². The van der Waals surface area contributed by atoms with Gasteiger partial charge in [0.1, 0.15) is 5.82 Å². The molecule has 1 N–H and O–H groups in total. The summed E-state index contributed by atoms with van der Waals surface area (Å²) in [6.07, 6.45) is 4.89. The van der Waals surface area contributed by atoms with Crippen LogP contribution >= 0.6 is 12.4 Å². The molecule has 0 saturated heterocycles. The molecule has 0 bridgehead atoms. The van der Waals surface area contributed by atoms with E-state index in [2.05, 4.69) is 22.4 Å². The molecule has 0 aliphatic heterocycles. The van der Waals surface area contributed by atoms with Crippen LogP contribution in [0.4, 0.5) is 5.82 Å². The van der Waals surface area contributed by atoms with Gasteiger partial charge < -0.3 is 5.32 Å². The first kappa shape index (κ1) is 13.6. The zero-order valence-electron chi connectivity index (χ0n) is 10.1. The van der Waals surface area contributed by atoms with Gasteiger partial charge in [-0.3, -0.25) is 9.36 Å². The Morgan fingerprint density at radius 3 is 2.82 bits per heavy atom. The number of hydrogen-bond acceptors (Lipinski definition) is 3. The van der Waals surface area contributed by atoms with Gasteiger partial charge in [0, 0.05) is 32.1 Å². The molecular weight excluding hydrogens is 238 g/mol. The number of halogens is 1. The smallest absolute Gasteiger partial charge is 0.148 e. The van der Waals surface area contributed by atoms with Gasteiger partial charge in [-0.25, -0.2) is 0 Å². The fourth-order valence-electron chi connectivity index (χ4n) is 1.57. The summed E-state index contributed by atoms with van der Waals surface area (Å²) < 4.78 is 3.81. The minimum absolute atomic E-state index is 0. The second kappa shape index (κ2) is 6.30. The van der Waals surface area contributed by atoms with Crippen molar-refractivity contribution in [1.29, 1.82) is 0 Å². The molecule has 94 valence electrons. The zero-order chi connectivity index (χ0) is 11.4. The number of hydrogen-bond donors (Lipinski definition) is 1. The van der Waals surface area contributed by atoms with Crippen LogP contribution in [-0.2, 0) is 20.1 Å². The van der Waals surface area contributed by atoms with Crippen molar-refractivity contribution in [2.45, 2.75) is 26.4 Å². The molecule has 0 aromatic carbocycles. The van der Waals surface area contributed by atoms with Crippen LogP contribution in [0, 0.1) is 0 Å². The van der Waals surface area contributed by atoms with Crippen LogP contribution in [0.2, 0.25) is 0 Å². The van der Waals surface area contributed by atoms with Gasteiger partial charge in [0.05, 0.1) is 12.2 Å². The summed E-state index contributed by atoms with van der Waals surface area (Å²) in [5.41, 5.74) is 1.14. The summed E-state index contributed by atoms with van der Waals surface area (Å²) >= 11 is 0. The third kappa shape index (κ3) is 3.49. The van der Waals surface area contributed by atoms with E-state index in [0.717, 1.165) is 31.0 Å². The van der Waals surface area contributed by atoms with Crippen LogP contribution < -0.4 is 5.32 Å². The summed E-state index contributed by atoms with van der Waals surface area (Å²) in [4.78, 5) is 0. The molecule has 6 heteroatoms. The predicted octanol–water partition coefficient (Wildman–Crippen LogP) is 2.06. The molecule has 0 aliphatic carbocycles. The van der Waals surface area contributed by atoms with E-state index in [9.17, 15) is 0 Å². The van der Waals surface area contributed by atoms with E-state index in [1.165, 1.54) is 0 Å². The van der Waals surface area contributed by atoms with E-state index >= 15 is 0 Å². The van der Waals surface area contributed by atoms with Crippen LogP contribution in [0.1, 0.15) is 19.0 Å². The van der Waals surface area contributed by atoms with Crippen molar-refractivity contribution in [2.24, 2.45) is 7.05 Å². The monoisotopic (exact) mass is 255 g/mol. The number of nitrogens with one attached hydrogen (secondary N) is 1. The fourth-order valence-corrected chi connectivity index (χ4v) is 1.57. The molecule has 0 spiro atoms. The molecule has 17 heavy (non-hydrogen) atoms. The van der Waals surface area contributed by atoms with E-state index in [4.69, 9.17) is 0 Å². The van der Waals surface area contributed by atoms with E-state index < -0.39 is 0 Å². The third-order valence-electron chi connectivity index (χ3n) is 2.47. The highest BCUT2D eigenvalue weighted by Gasteiger charge is 2.00. The standard InChI is InChI=1S/C11H17N5.ClH/c1-3-7-16-8-5-11(14-16)12-9-10-4-6-13-15(10)2;/h4-6,8H,3,7,9H2,1-2H3,(H,12,14);1H. The van der Waals surface area contributed by atoms with Gasteiger partial charge in [-0.1, -0.05) is 6.92 Å². The minimum atomic E-state index is 0. The van der Waals surface area contributed by atoms with E-state index in [1.54, 1.807) is 6.20 Å². The van der Waals surface area contributed by atoms with E-state index in [1.807, 2.05) is 34.7 Å². The fraction of sp³-hybridized carbons (Fsp3) is 0.455. The Bertz CT molecular complexity index is 448. The third-order valence-corrected chi connectivity index (χ3v) is 2.47. The van der Waals surface area contributed by atoms with E-state index in [0.29, 0.717) is 0 Å². The number of aryl methyl sites for hydroxylation is 2. The Morgan fingerprint density at radius 1 is 1.35 bits per heavy atom. The summed E-state index contributed by atoms with van der Waals surface area (Å²) in [7, 11) is 1.94. The molecule has 2 heterocycles. The summed E-state index contributed by atoms with van der Waals surface area (Å²) in [5.74, 6) is 0.912. The summed E-state index contributed by atoms with van der Waals surface area (Å²) in [5, 5.41) is 11.8. The average Bonchev–Trinajstić information content (AvgIpc) is 2.86. The normalized spacial score (nSPS) is 10.0. The lowest BCUT2D eigenvalue weighted by atomic mass is 10.4. The Morgan fingerprint density at radius 2 is 2.18 bits per heavy atom. The van der Waals surface area contributed by atoms with Crippen molar-refractivity contribution < 1.29 is 0 Å². The SMILES string of the molecule is CCCn1ccc(NCc2ccnn2C)n1.Cl. The largest absolute Gasteiger partial charge is 0.363 e. The van der Waals surface area contributed by atoms with Gasteiger partial charge in [0.25, 0.3) is 0 Å². The van der Waals surface area contributed by atoms with Gasteiger partial charge in [-0.2, -0.15) is 10.2 Å². The lowest BCUT2D eigenvalue weighted by Crippen LogP contribution is -2.06. The maximum Gasteiger partial charge on any atom is 0.148 e. The highest BCUT2D eigenvalue weighted by molar-refractivity contribution is 5.85. The molecule has 2 aromatic rings. The Hall–Kier alpha value is -1.49. The molecule has 0 fully saturated rings. The van der Waals surface area contributed by atoms with Crippen LogP contribution in [0.25, 0.3) is 0 Å². The topological polar surface area (TPSA) is 47.7 Å². The van der Waals surface area contributed by atoms with Gasteiger partial charge in [0.2, 0.25) is 0 Å². The molecule has 0 radical (unpaired) electrons. The van der Waals surface area contributed by atoms with Crippen molar-refractivity contribution in [3.8, 4) is 0 Å². The van der Waals surface area contributed by atoms with Crippen LogP contribution in [-0.4, -0.2) is 19.6 Å². The lowest BCUT2D eigenvalue weighted by Gasteiger charge is -2.03. The van der Waals surface area contributed by atoms with Crippen LogP contribution in [0.5, 0.6) is 0 Å². The van der Waals surface area contributed by atoms with Gasteiger partial charge in [0.15, 0.2) is 0 Å². The average molecular weight is 256 g/mol. The second-order valence-corrected chi connectivity index (χ2v) is 3.76. The number of rotatable bonds is 5. The van der Waals surface area contributed by atoms with Crippen molar-refractivity contribution in [3.05, 3.63) is 30.2 Å². The van der Waals surface area contributed by atoms with Gasteiger partial charge in [-0.15, -0.1) is 12.4 Å². The van der Waals surface area contributed by atoms with Gasteiger partial charge in [-0.05, 0) is 12.5 Å². The van der Waals surface area contributed by atoms with Crippen LogP contribution in [0.3, 0.4) is 0 Å². The first-order valence-electron chi connectivity index (χ1n) is 5.54. The van der Waals surface area contributed by atoms with Gasteiger partial charge >= 0.3 is 0 Å². The van der Waals surface area contributed by atoms with Crippen LogP contribution in [0.15, 0.2) is 24.5 Å². The minimum Gasteiger partial charge on any atom is -0.363 e. The Labute approximate surface area is 107 Å². The highest BCUT2D eigenvalue weighted by Crippen LogP contribution is 2.05. The first-order chi connectivity index (χ1) is 7.79. The molecule has 0 amide bonds. The molecule has 0 atom stereocenters. The van der Waals surface area contributed by atoms with Crippen molar-refractivity contribution in [3.63, 3.8) is 0 Å². The van der Waals surface area contributed by atoms with Crippen molar-refractivity contribution in [1.82, 2.24) is 19.6 Å².